The number of ether oxygens (including phenoxy) is 2. The Labute approximate surface area is 134 Å². The molecule has 0 saturated heterocycles. The first kappa shape index (κ1) is 15.5. The second-order valence-corrected chi connectivity index (χ2v) is 6.49. The highest BCUT2D eigenvalue weighted by Crippen LogP contribution is 2.29. The van der Waals surface area contributed by atoms with E-state index in [9.17, 15) is 4.79 Å². The Bertz CT molecular complexity index is 612. The molecule has 0 radical (unpaired) electrons. The molecule has 0 N–H and O–H groups in total. The molecule has 6 heteroatoms. The summed E-state index contributed by atoms with van der Waals surface area (Å²) in [4.78, 5) is 12.9. The third-order valence-corrected chi connectivity index (χ3v) is 4.39. The van der Waals surface area contributed by atoms with Crippen LogP contribution >= 0.6 is 38.9 Å². The van der Waals surface area contributed by atoms with Crippen molar-refractivity contribution in [2.45, 2.75) is 0 Å². The van der Waals surface area contributed by atoms with Crippen molar-refractivity contribution in [3.8, 4) is 5.75 Å². The molecule has 0 fully saturated rings. The van der Waals surface area contributed by atoms with Crippen LogP contribution in [0.15, 0.2) is 34.8 Å². The average Bonchev–Trinajstić information content (AvgIpc) is 2.86. The molecule has 0 amide bonds. The summed E-state index contributed by atoms with van der Waals surface area (Å²) in [6.07, 6.45) is 0. The van der Waals surface area contributed by atoms with E-state index in [0.29, 0.717) is 33.7 Å². The van der Waals surface area contributed by atoms with Gasteiger partial charge in [0.05, 0.1) is 20.3 Å². The lowest BCUT2D eigenvalue weighted by molar-refractivity contribution is 0.104. The van der Waals surface area contributed by atoms with Crippen molar-refractivity contribution < 1.29 is 14.3 Å². The summed E-state index contributed by atoms with van der Waals surface area (Å²) in [5, 5.41) is 0. The fourth-order valence-corrected chi connectivity index (χ4v) is 3.07. The summed E-state index contributed by atoms with van der Waals surface area (Å²) in [6.45, 7) is 0.976. The number of thiophene rings is 1. The molecular formula is C14H12BrClO3S. The van der Waals surface area contributed by atoms with Crippen LogP contribution in [0.1, 0.15) is 15.2 Å². The minimum absolute atomic E-state index is 0.0500. The lowest BCUT2D eigenvalue weighted by Gasteiger charge is -2.08. The van der Waals surface area contributed by atoms with Gasteiger partial charge in [-0.05, 0) is 46.3 Å². The van der Waals surface area contributed by atoms with Crippen molar-refractivity contribution in [2.24, 2.45) is 0 Å². The predicted octanol–water partition coefficient (Wildman–Crippen LogP) is 4.42. The molecule has 2 aromatic rings. The van der Waals surface area contributed by atoms with Crippen LogP contribution in [0, 0.1) is 0 Å². The number of hydrogen-bond donors (Lipinski definition) is 0. The van der Waals surface area contributed by atoms with Crippen LogP contribution in [-0.4, -0.2) is 26.1 Å². The Hall–Kier alpha value is -0.880. The van der Waals surface area contributed by atoms with Crippen molar-refractivity contribution in [1.82, 2.24) is 0 Å². The fourth-order valence-electron chi connectivity index (χ4n) is 1.57. The number of benzene rings is 1. The molecule has 106 valence electrons. The van der Waals surface area contributed by atoms with E-state index in [2.05, 4.69) is 15.9 Å². The van der Waals surface area contributed by atoms with Crippen molar-refractivity contribution in [3.05, 3.63) is 49.6 Å². The molecule has 0 aliphatic rings. The van der Waals surface area contributed by atoms with E-state index >= 15 is 0 Å². The van der Waals surface area contributed by atoms with E-state index in [1.54, 1.807) is 37.4 Å². The third kappa shape index (κ3) is 3.82. The Morgan fingerprint density at radius 1 is 1.30 bits per heavy atom. The van der Waals surface area contributed by atoms with E-state index in [1.807, 2.05) is 0 Å². The Morgan fingerprint density at radius 2 is 2.10 bits per heavy atom. The normalized spacial score (nSPS) is 10.6. The minimum Gasteiger partial charge on any atom is -0.490 e. The van der Waals surface area contributed by atoms with E-state index in [4.69, 9.17) is 21.1 Å². The first-order chi connectivity index (χ1) is 9.61. The molecule has 0 saturated carbocycles. The largest absolute Gasteiger partial charge is 0.490 e. The first-order valence-corrected chi connectivity index (χ1v) is 7.82. The summed E-state index contributed by atoms with van der Waals surface area (Å²) >= 11 is 10.5. The smallest absolute Gasteiger partial charge is 0.203 e. The number of carbonyl (C=O) groups is 1. The molecule has 2 rings (SSSR count). The molecule has 0 unspecified atom stereocenters. The average molecular weight is 376 g/mol. The van der Waals surface area contributed by atoms with Gasteiger partial charge in [-0.15, -0.1) is 11.3 Å². The van der Waals surface area contributed by atoms with Crippen LogP contribution in [0.4, 0.5) is 0 Å². The fraction of sp³-hybridized carbons (Fsp3) is 0.214. The molecule has 0 atom stereocenters. The van der Waals surface area contributed by atoms with Crippen LogP contribution in [-0.2, 0) is 4.74 Å². The zero-order valence-electron chi connectivity index (χ0n) is 10.7. The quantitative estimate of drug-likeness (QED) is 0.554. The number of rotatable bonds is 6. The Morgan fingerprint density at radius 3 is 2.70 bits per heavy atom. The summed E-state index contributed by atoms with van der Waals surface area (Å²) in [5.41, 5.74) is 0.592. The van der Waals surface area contributed by atoms with Crippen molar-refractivity contribution in [1.29, 1.82) is 0 Å². The molecule has 3 nitrogen and oxygen atoms in total. The lowest BCUT2D eigenvalue weighted by atomic mass is 10.1. The van der Waals surface area contributed by atoms with E-state index < -0.39 is 0 Å². The van der Waals surface area contributed by atoms with Crippen molar-refractivity contribution >= 4 is 44.7 Å². The number of carbonyl (C=O) groups excluding carboxylic acids is 1. The maximum Gasteiger partial charge on any atom is 0.203 e. The van der Waals surface area contributed by atoms with E-state index in [-0.39, 0.29) is 5.78 Å². The summed E-state index contributed by atoms with van der Waals surface area (Å²) < 4.78 is 11.8. The van der Waals surface area contributed by atoms with Crippen LogP contribution < -0.4 is 4.74 Å². The molecular weight excluding hydrogens is 364 g/mol. The second kappa shape index (κ2) is 7.22. The maximum absolute atomic E-state index is 12.3. The first-order valence-electron chi connectivity index (χ1n) is 5.83. The minimum atomic E-state index is -0.0500. The zero-order chi connectivity index (χ0) is 14.5. The van der Waals surface area contributed by atoms with Gasteiger partial charge in [0.15, 0.2) is 0 Å². The van der Waals surface area contributed by atoms with Gasteiger partial charge >= 0.3 is 0 Å². The monoisotopic (exact) mass is 374 g/mol. The van der Waals surface area contributed by atoms with Gasteiger partial charge in [0.2, 0.25) is 5.78 Å². The summed E-state index contributed by atoms with van der Waals surface area (Å²) in [6, 6.07) is 8.70. The molecule has 0 bridgehead atoms. The maximum atomic E-state index is 12.3. The second-order valence-electron chi connectivity index (χ2n) is 3.92. The van der Waals surface area contributed by atoms with E-state index in [0.717, 1.165) is 4.47 Å². The van der Waals surface area contributed by atoms with Gasteiger partial charge in [-0.3, -0.25) is 4.79 Å². The Kier molecular flexibility index (Phi) is 5.60. The van der Waals surface area contributed by atoms with Crippen LogP contribution in [0.25, 0.3) is 0 Å². The highest BCUT2D eigenvalue weighted by molar-refractivity contribution is 9.10. The van der Waals surface area contributed by atoms with Gasteiger partial charge in [0.1, 0.15) is 12.4 Å². The zero-order valence-corrected chi connectivity index (χ0v) is 13.8. The van der Waals surface area contributed by atoms with Gasteiger partial charge in [-0.2, -0.15) is 0 Å². The summed E-state index contributed by atoms with van der Waals surface area (Å²) in [5.74, 6) is 0.633. The van der Waals surface area contributed by atoms with E-state index in [1.165, 1.54) is 11.3 Å². The van der Waals surface area contributed by atoms with Crippen LogP contribution in [0.3, 0.4) is 0 Å². The van der Waals surface area contributed by atoms with Crippen molar-refractivity contribution in [3.63, 3.8) is 0 Å². The SMILES string of the molecule is COCCOc1ccc(C(=O)c2ccc(Cl)s2)cc1Br. The van der Waals surface area contributed by atoms with Gasteiger partial charge in [-0.1, -0.05) is 11.6 Å². The predicted molar refractivity (Wildman–Crippen MR) is 84.3 cm³/mol. The molecule has 1 aromatic carbocycles. The molecule has 1 aromatic heterocycles. The Balaban J connectivity index is 2.14. The highest BCUT2D eigenvalue weighted by atomic mass is 79.9. The number of hydrogen-bond acceptors (Lipinski definition) is 4. The van der Waals surface area contributed by atoms with Crippen LogP contribution in [0.5, 0.6) is 5.75 Å². The summed E-state index contributed by atoms with van der Waals surface area (Å²) in [7, 11) is 1.62. The van der Waals surface area contributed by atoms with Gasteiger partial charge in [0.25, 0.3) is 0 Å². The van der Waals surface area contributed by atoms with Gasteiger partial charge < -0.3 is 9.47 Å². The molecule has 20 heavy (non-hydrogen) atoms. The molecule has 0 aliphatic heterocycles. The topological polar surface area (TPSA) is 35.5 Å². The lowest BCUT2D eigenvalue weighted by Crippen LogP contribution is -2.05. The van der Waals surface area contributed by atoms with Crippen LogP contribution in [0.2, 0.25) is 4.34 Å². The number of halogens is 2. The van der Waals surface area contributed by atoms with Gasteiger partial charge in [0, 0.05) is 12.7 Å². The molecule has 0 spiro atoms. The molecule has 1 heterocycles. The highest BCUT2D eigenvalue weighted by Gasteiger charge is 2.13. The standard InChI is InChI=1S/C14H12BrClO3S/c1-18-6-7-19-11-3-2-9(8-10(11)15)14(17)12-4-5-13(16)20-12/h2-5,8H,6-7H2,1H3. The van der Waals surface area contributed by atoms with Crippen molar-refractivity contribution in [2.75, 3.05) is 20.3 Å². The number of methoxy groups -OCH3 is 1. The third-order valence-electron chi connectivity index (χ3n) is 2.54. The number of ketones is 1. The van der Waals surface area contributed by atoms with Gasteiger partial charge in [-0.25, -0.2) is 0 Å². The molecule has 0 aliphatic carbocycles.